The van der Waals surface area contributed by atoms with Crippen LogP contribution in [0, 0.1) is 5.92 Å². The van der Waals surface area contributed by atoms with Crippen LogP contribution in [-0.4, -0.2) is 46.7 Å². The fraction of sp³-hybridized carbons (Fsp3) is 0.364. The molecule has 0 atom stereocenters. The summed E-state index contributed by atoms with van der Waals surface area (Å²) in [6.45, 7) is 1.13. The lowest BCUT2D eigenvalue weighted by atomic mass is 9.95. The topological polar surface area (TPSA) is 91.4 Å². The van der Waals surface area contributed by atoms with Crippen LogP contribution in [-0.2, 0) is 4.79 Å². The number of benzene rings is 1. The summed E-state index contributed by atoms with van der Waals surface area (Å²) in [6.07, 6.45) is 6.62. The average molecular weight is 392 g/mol. The minimum Gasteiger partial charge on any atom is -0.353 e. The lowest BCUT2D eigenvalue weighted by Crippen LogP contribution is -2.43. The van der Waals surface area contributed by atoms with Gasteiger partial charge in [-0.25, -0.2) is 0 Å². The van der Waals surface area contributed by atoms with Gasteiger partial charge in [-0.05, 0) is 56.0 Å². The number of nitrogens with zero attached hydrogens (tertiary/aromatic N) is 2. The van der Waals surface area contributed by atoms with Crippen LogP contribution in [0.5, 0.6) is 0 Å². The van der Waals surface area contributed by atoms with E-state index in [1.807, 2.05) is 0 Å². The minimum atomic E-state index is -0.273. The predicted octanol–water partition coefficient (Wildman–Crippen LogP) is 2.46. The molecule has 2 N–H and O–H groups in total. The van der Waals surface area contributed by atoms with Crippen LogP contribution in [0.3, 0.4) is 0 Å². The zero-order chi connectivity index (χ0) is 20.2. The number of carbonyl (C=O) groups is 3. The number of anilines is 1. The molecule has 1 saturated carbocycles. The molecule has 0 radical (unpaired) electrons. The van der Waals surface area contributed by atoms with Gasteiger partial charge in [0.2, 0.25) is 5.91 Å². The molecule has 2 heterocycles. The summed E-state index contributed by atoms with van der Waals surface area (Å²) >= 11 is 0. The zero-order valence-electron chi connectivity index (χ0n) is 16.1. The van der Waals surface area contributed by atoms with Crippen molar-refractivity contribution in [3.63, 3.8) is 0 Å². The summed E-state index contributed by atoms with van der Waals surface area (Å²) in [5, 5.41) is 5.85. The molecule has 7 nitrogen and oxygen atoms in total. The highest BCUT2D eigenvalue weighted by molar-refractivity contribution is 6.05. The number of hydrogen-bond acceptors (Lipinski definition) is 4. The summed E-state index contributed by atoms with van der Waals surface area (Å²) in [5.41, 5.74) is 1.54. The number of piperidine rings is 1. The number of rotatable bonds is 5. The molecule has 0 bridgehead atoms. The van der Waals surface area contributed by atoms with Gasteiger partial charge in [-0.3, -0.25) is 19.4 Å². The van der Waals surface area contributed by atoms with Crippen molar-refractivity contribution in [1.82, 2.24) is 15.2 Å². The van der Waals surface area contributed by atoms with E-state index in [0.717, 1.165) is 12.8 Å². The molecular weight excluding hydrogens is 368 g/mol. The minimum absolute atomic E-state index is 0.00949. The van der Waals surface area contributed by atoms with Gasteiger partial charge in [0, 0.05) is 48.7 Å². The maximum Gasteiger partial charge on any atom is 0.257 e. The van der Waals surface area contributed by atoms with Gasteiger partial charge < -0.3 is 15.5 Å². The Morgan fingerprint density at radius 3 is 2.41 bits per heavy atom. The number of nitrogens with one attached hydrogen (secondary N) is 2. The molecule has 2 aliphatic rings. The molecule has 7 heteroatoms. The Labute approximate surface area is 169 Å². The van der Waals surface area contributed by atoms with E-state index >= 15 is 0 Å². The lowest BCUT2D eigenvalue weighted by molar-refractivity contribution is -0.126. The molecular formula is C22H24N4O3. The number of hydrogen-bond donors (Lipinski definition) is 2. The van der Waals surface area contributed by atoms with Crippen LogP contribution >= 0.6 is 0 Å². The first-order valence-electron chi connectivity index (χ1n) is 10.0. The molecule has 4 rings (SSSR count). The van der Waals surface area contributed by atoms with E-state index < -0.39 is 0 Å². The van der Waals surface area contributed by atoms with Crippen LogP contribution in [0.2, 0.25) is 0 Å². The van der Waals surface area contributed by atoms with Crippen LogP contribution in [0.25, 0.3) is 0 Å². The van der Waals surface area contributed by atoms with Crippen LogP contribution in [0.4, 0.5) is 5.69 Å². The maximum atomic E-state index is 12.9. The number of likely N-dealkylation sites (tertiary alicyclic amines) is 1. The Morgan fingerprint density at radius 2 is 1.72 bits per heavy atom. The number of carbonyl (C=O) groups excluding carboxylic acids is 3. The SMILES string of the molecule is O=C(Nc1cccc(C(=O)N2CCC(C(=O)NC3CC3)CC2)c1)c1cccnc1. The molecule has 2 fully saturated rings. The molecule has 1 aromatic heterocycles. The third-order valence-corrected chi connectivity index (χ3v) is 5.37. The van der Waals surface area contributed by atoms with Crippen LogP contribution in [0.15, 0.2) is 48.8 Å². The van der Waals surface area contributed by atoms with Gasteiger partial charge >= 0.3 is 0 Å². The fourth-order valence-corrected chi connectivity index (χ4v) is 3.50. The van der Waals surface area contributed by atoms with Crippen molar-refractivity contribution in [3.05, 3.63) is 59.9 Å². The Balaban J connectivity index is 1.35. The van der Waals surface area contributed by atoms with Crippen molar-refractivity contribution >= 4 is 23.4 Å². The Bertz CT molecular complexity index is 903. The van der Waals surface area contributed by atoms with E-state index in [1.54, 1.807) is 47.5 Å². The van der Waals surface area contributed by atoms with Crippen molar-refractivity contribution in [2.24, 2.45) is 5.92 Å². The quantitative estimate of drug-likeness (QED) is 0.818. The Hall–Kier alpha value is -3.22. The molecule has 1 aliphatic carbocycles. The van der Waals surface area contributed by atoms with Gasteiger partial charge in [-0.1, -0.05) is 6.07 Å². The van der Waals surface area contributed by atoms with E-state index in [4.69, 9.17) is 0 Å². The van der Waals surface area contributed by atoms with Gasteiger partial charge in [-0.2, -0.15) is 0 Å². The van der Waals surface area contributed by atoms with Crippen molar-refractivity contribution in [2.45, 2.75) is 31.7 Å². The zero-order valence-corrected chi connectivity index (χ0v) is 16.1. The summed E-state index contributed by atoms with van der Waals surface area (Å²) in [6, 6.07) is 10.7. The summed E-state index contributed by atoms with van der Waals surface area (Å²) in [5.74, 6) is -0.238. The summed E-state index contributed by atoms with van der Waals surface area (Å²) in [7, 11) is 0. The third-order valence-electron chi connectivity index (χ3n) is 5.37. The standard InChI is InChI=1S/C22H24N4O3/c27-20(24-18-6-7-18)15-8-11-26(12-9-15)22(29)16-3-1-5-19(13-16)25-21(28)17-4-2-10-23-14-17/h1-5,10,13-15,18H,6-9,11-12H2,(H,24,27)(H,25,28). The smallest absolute Gasteiger partial charge is 0.257 e. The second-order valence-corrected chi connectivity index (χ2v) is 7.63. The van der Waals surface area contributed by atoms with Gasteiger partial charge in [0.25, 0.3) is 11.8 Å². The predicted molar refractivity (Wildman–Crippen MR) is 108 cm³/mol. The van der Waals surface area contributed by atoms with E-state index in [1.165, 1.54) is 6.20 Å². The number of amides is 3. The van der Waals surface area contributed by atoms with E-state index in [0.29, 0.717) is 48.8 Å². The van der Waals surface area contributed by atoms with Crippen LogP contribution in [0.1, 0.15) is 46.4 Å². The van der Waals surface area contributed by atoms with Gasteiger partial charge in [0.05, 0.1) is 5.56 Å². The maximum absolute atomic E-state index is 12.9. The monoisotopic (exact) mass is 392 g/mol. The Kier molecular flexibility index (Phi) is 5.55. The first-order valence-corrected chi connectivity index (χ1v) is 10.0. The molecule has 1 aromatic carbocycles. The molecule has 0 unspecified atom stereocenters. The van der Waals surface area contributed by atoms with Crippen molar-refractivity contribution in [3.8, 4) is 0 Å². The lowest BCUT2D eigenvalue weighted by Gasteiger charge is -2.31. The molecule has 0 spiro atoms. The molecule has 1 saturated heterocycles. The summed E-state index contributed by atoms with van der Waals surface area (Å²) in [4.78, 5) is 43.1. The third kappa shape index (κ3) is 4.80. The average Bonchev–Trinajstić information content (AvgIpc) is 3.58. The van der Waals surface area contributed by atoms with Crippen molar-refractivity contribution in [1.29, 1.82) is 0 Å². The molecule has 3 amide bonds. The summed E-state index contributed by atoms with van der Waals surface area (Å²) < 4.78 is 0. The second-order valence-electron chi connectivity index (χ2n) is 7.63. The van der Waals surface area contributed by atoms with Gasteiger partial charge in [0.1, 0.15) is 0 Å². The second kappa shape index (κ2) is 8.43. The first kappa shape index (κ1) is 19.1. The molecule has 150 valence electrons. The highest BCUT2D eigenvalue weighted by Gasteiger charge is 2.31. The number of pyridine rings is 1. The van der Waals surface area contributed by atoms with E-state index in [9.17, 15) is 14.4 Å². The Morgan fingerprint density at radius 1 is 0.966 bits per heavy atom. The van der Waals surface area contributed by atoms with Crippen molar-refractivity contribution < 1.29 is 14.4 Å². The van der Waals surface area contributed by atoms with E-state index in [2.05, 4.69) is 15.6 Å². The number of aromatic nitrogens is 1. The van der Waals surface area contributed by atoms with Gasteiger partial charge in [-0.15, -0.1) is 0 Å². The van der Waals surface area contributed by atoms with Crippen molar-refractivity contribution in [2.75, 3.05) is 18.4 Å². The van der Waals surface area contributed by atoms with E-state index in [-0.39, 0.29) is 23.6 Å². The fourth-order valence-electron chi connectivity index (χ4n) is 3.50. The van der Waals surface area contributed by atoms with Gasteiger partial charge in [0.15, 0.2) is 0 Å². The highest BCUT2D eigenvalue weighted by Crippen LogP contribution is 2.24. The normalized spacial score (nSPS) is 16.9. The molecule has 2 aromatic rings. The highest BCUT2D eigenvalue weighted by atomic mass is 16.2. The molecule has 1 aliphatic heterocycles. The van der Waals surface area contributed by atoms with Crippen LogP contribution < -0.4 is 10.6 Å². The molecule has 29 heavy (non-hydrogen) atoms. The first-order chi connectivity index (χ1) is 14.1. The largest absolute Gasteiger partial charge is 0.353 e.